The van der Waals surface area contributed by atoms with E-state index in [0.29, 0.717) is 25.8 Å². The van der Waals surface area contributed by atoms with Gasteiger partial charge < -0.3 is 54.0 Å². The largest absolute Gasteiger partial charge is 0.480 e. The zero-order valence-corrected chi connectivity index (χ0v) is 21.3. The summed E-state index contributed by atoms with van der Waals surface area (Å²) in [5.74, 6) is -2.90. The lowest BCUT2D eigenvalue weighted by atomic mass is 10.2. The van der Waals surface area contributed by atoms with Gasteiger partial charge in [0.2, 0.25) is 0 Å². The van der Waals surface area contributed by atoms with Crippen molar-refractivity contribution in [1.82, 2.24) is 10.6 Å². The molecule has 0 aromatic heterocycles. The second kappa shape index (κ2) is 26.2. The van der Waals surface area contributed by atoms with E-state index in [1.807, 2.05) is 6.26 Å². The van der Waals surface area contributed by atoms with Crippen molar-refractivity contribution in [1.29, 1.82) is 5.41 Å². The van der Waals surface area contributed by atoms with Crippen molar-refractivity contribution >= 4 is 54.0 Å². The fraction of sp³-hybridized carbons (Fsp3) is 0.722. The molecule has 0 saturated carbocycles. The molecule has 0 spiro atoms. The number of halogens is 1. The van der Waals surface area contributed by atoms with Crippen LogP contribution in [0.5, 0.6) is 0 Å². The minimum Gasteiger partial charge on any atom is -0.480 e. The van der Waals surface area contributed by atoms with Gasteiger partial charge in [-0.2, -0.15) is 11.8 Å². The first-order valence-corrected chi connectivity index (χ1v) is 11.6. The number of hydrogen-bond acceptors (Lipinski definition) is 10. The Kier molecular flexibility index (Phi) is 29.9. The number of carboxylic acids is 4. The van der Waals surface area contributed by atoms with Crippen LogP contribution in [0, 0.1) is 5.41 Å². The molecule has 15 N–H and O–H groups in total. The number of carbonyl (C=O) groups is 4. The molecular weight excluding hydrogens is 510 g/mol. The molecule has 1 rings (SSSR count). The van der Waals surface area contributed by atoms with Gasteiger partial charge >= 0.3 is 23.9 Å². The molecule has 0 aromatic rings. The molecule has 1 heterocycles. The Bertz CT molecular complexity index is 613. The minimum atomic E-state index is -1.00. The van der Waals surface area contributed by atoms with Crippen molar-refractivity contribution in [2.45, 2.75) is 50.2 Å². The summed E-state index contributed by atoms with van der Waals surface area (Å²) < 4.78 is 0. The topological polar surface area (TPSA) is 301 Å². The lowest BCUT2D eigenvalue weighted by Crippen LogP contribution is -2.34. The molecular formula is C18H40ClN7O8S. The Morgan fingerprint density at radius 2 is 1.57 bits per heavy atom. The Hall–Kier alpha value is -2.37. The van der Waals surface area contributed by atoms with Crippen molar-refractivity contribution < 1.29 is 39.6 Å². The highest BCUT2D eigenvalue weighted by Gasteiger charge is 2.20. The van der Waals surface area contributed by atoms with E-state index >= 15 is 0 Å². The van der Waals surface area contributed by atoms with Crippen molar-refractivity contribution in [3.63, 3.8) is 0 Å². The maximum absolute atomic E-state index is 10.2. The molecule has 0 bridgehead atoms. The van der Waals surface area contributed by atoms with E-state index in [9.17, 15) is 19.2 Å². The van der Waals surface area contributed by atoms with Gasteiger partial charge in [0.1, 0.15) is 18.1 Å². The fourth-order valence-corrected chi connectivity index (χ4v) is 2.42. The second-order valence-corrected chi connectivity index (χ2v) is 7.72. The van der Waals surface area contributed by atoms with E-state index in [2.05, 4.69) is 16.4 Å². The number of rotatable bonds is 11. The Labute approximate surface area is 214 Å². The number of guanidine groups is 1. The zero-order valence-electron chi connectivity index (χ0n) is 19.6. The molecule has 15 nitrogen and oxygen atoms in total. The summed E-state index contributed by atoms with van der Waals surface area (Å²) in [5, 5.41) is 44.8. The Morgan fingerprint density at radius 3 is 1.86 bits per heavy atom. The third-order valence-electron chi connectivity index (χ3n) is 3.81. The number of thioether (sulfide) groups is 1. The number of hydrogen-bond donors (Lipinski definition) is 11. The monoisotopic (exact) mass is 549 g/mol. The average Bonchev–Trinajstić information content (AvgIpc) is 3.31. The molecule has 0 amide bonds. The molecule has 1 aliphatic rings. The molecule has 1 aliphatic heterocycles. The summed E-state index contributed by atoms with van der Waals surface area (Å²) in [6.07, 6.45) is 5.24. The lowest BCUT2D eigenvalue weighted by molar-refractivity contribution is -0.139. The van der Waals surface area contributed by atoms with Gasteiger partial charge in [0.25, 0.3) is 0 Å². The van der Waals surface area contributed by atoms with Crippen molar-refractivity contribution in [3.8, 4) is 0 Å². The fourth-order valence-electron chi connectivity index (χ4n) is 1.93. The molecule has 35 heavy (non-hydrogen) atoms. The first-order chi connectivity index (χ1) is 15.8. The van der Waals surface area contributed by atoms with Crippen LogP contribution in [0.3, 0.4) is 0 Å². The summed E-state index contributed by atoms with van der Waals surface area (Å²) in [4.78, 5) is 39.7. The summed E-state index contributed by atoms with van der Waals surface area (Å²) in [7, 11) is 0. The lowest BCUT2D eigenvalue weighted by Gasteiger charge is -2.06. The van der Waals surface area contributed by atoms with E-state index in [0.717, 1.165) is 25.1 Å². The van der Waals surface area contributed by atoms with Gasteiger partial charge in [0.15, 0.2) is 5.96 Å². The summed E-state index contributed by atoms with van der Waals surface area (Å²) >= 11 is 1.60. The quantitative estimate of drug-likeness (QED) is 0.0760. The average molecular weight is 550 g/mol. The molecule has 208 valence electrons. The van der Waals surface area contributed by atoms with E-state index in [-0.39, 0.29) is 31.0 Å². The van der Waals surface area contributed by atoms with Crippen LogP contribution in [0.25, 0.3) is 0 Å². The molecule has 2 unspecified atom stereocenters. The van der Waals surface area contributed by atoms with Crippen molar-refractivity contribution in [3.05, 3.63) is 0 Å². The zero-order chi connectivity index (χ0) is 27.1. The predicted molar refractivity (Wildman–Crippen MR) is 136 cm³/mol. The van der Waals surface area contributed by atoms with Crippen LogP contribution in [0.1, 0.15) is 32.1 Å². The maximum Gasteiger partial charge on any atom is 0.320 e. The summed E-state index contributed by atoms with van der Waals surface area (Å²) in [6, 6.07) is -1.77. The van der Waals surface area contributed by atoms with Gasteiger partial charge in [-0.3, -0.25) is 24.6 Å². The minimum absolute atomic E-state index is 0. The van der Waals surface area contributed by atoms with Crippen LogP contribution in [-0.2, 0) is 19.2 Å². The van der Waals surface area contributed by atoms with Crippen molar-refractivity contribution in [2.24, 2.45) is 22.9 Å². The first-order valence-electron chi connectivity index (χ1n) is 10.2. The molecule has 0 aromatic carbocycles. The molecule has 17 heteroatoms. The van der Waals surface area contributed by atoms with E-state index in [1.165, 1.54) is 0 Å². The molecule has 1 fully saturated rings. The first kappa shape index (κ1) is 39.8. The highest BCUT2D eigenvalue weighted by atomic mass is 35.5. The van der Waals surface area contributed by atoms with Gasteiger partial charge in [-0.25, -0.2) is 0 Å². The van der Waals surface area contributed by atoms with E-state index < -0.39 is 36.0 Å². The van der Waals surface area contributed by atoms with Crippen molar-refractivity contribution in [2.75, 3.05) is 31.6 Å². The summed E-state index contributed by atoms with van der Waals surface area (Å²) in [5.41, 5.74) is 20.0. The third-order valence-corrected chi connectivity index (χ3v) is 4.45. The van der Waals surface area contributed by atoms with Crippen LogP contribution in [0.15, 0.2) is 0 Å². The maximum atomic E-state index is 10.2. The van der Waals surface area contributed by atoms with Gasteiger partial charge in [0.05, 0.1) is 6.54 Å². The Morgan fingerprint density at radius 1 is 1.09 bits per heavy atom. The standard InChI is InChI=1S/C6H14N4O2.C5H11NO2S.C5H9NO2.C2H5NO2.ClH/c7-4(5(11)12)2-1-3-10-6(8)9;1-9-3-2-4(6)5(7)8;7-5(8)4-2-1-3-6-4;3-1-2(4)5;/h4H,1-3,7H2,(H,11,12)(H4,8,9,10);4H,2-3,6H2,1H3,(H,7,8);4,6H,1-3H2,(H,7,8);1,3H2,(H,4,5);1H/t;;4-;;/m..0../s1. The van der Waals surface area contributed by atoms with Crippen LogP contribution in [-0.4, -0.2) is 100 Å². The SMILES string of the molecule is CSCCC(N)C(=O)O.Cl.N=C(N)NCCCC(N)C(=O)O.NCC(=O)O.O=C(O)[C@@H]1CCCN1. The smallest absolute Gasteiger partial charge is 0.320 e. The molecule has 0 radical (unpaired) electrons. The third kappa shape index (κ3) is 31.6. The second-order valence-electron chi connectivity index (χ2n) is 6.74. The van der Waals surface area contributed by atoms with Gasteiger partial charge in [-0.15, -0.1) is 12.4 Å². The van der Waals surface area contributed by atoms with Gasteiger partial charge in [-0.05, 0) is 50.7 Å². The van der Waals surface area contributed by atoms with Crippen LogP contribution in [0.2, 0.25) is 0 Å². The number of carboxylic acid groups (broad SMARTS) is 4. The summed E-state index contributed by atoms with van der Waals surface area (Å²) in [6.45, 7) is 1.06. The number of nitrogens with two attached hydrogens (primary N) is 4. The molecule has 0 aliphatic carbocycles. The predicted octanol–water partition coefficient (Wildman–Crippen LogP) is -1.91. The number of aliphatic carboxylic acids is 4. The van der Waals surface area contributed by atoms with Crippen LogP contribution < -0.4 is 33.6 Å². The Balaban J connectivity index is -0.000000188. The van der Waals surface area contributed by atoms with Crippen LogP contribution >= 0.6 is 24.2 Å². The van der Waals surface area contributed by atoms with E-state index in [4.69, 9.17) is 43.0 Å². The highest BCUT2D eigenvalue weighted by molar-refractivity contribution is 7.98. The normalized spacial score (nSPS) is 15.0. The van der Waals surface area contributed by atoms with E-state index in [1.54, 1.807) is 11.8 Å². The highest BCUT2D eigenvalue weighted by Crippen LogP contribution is 2.03. The van der Waals surface area contributed by atoms with Crippen LogP contribution in [0.4, 0.5) is 0 Å². The van der Waals surface area contributed by atoms with Gasteiger partial charge in [0, 0.05) is 6.54 Å². The van der Waals surface area contributed by atoms with Gasteiger partial charge in [-0.1, -0.05) is 0 Å². The molecule has 1 saturated heterocycles. The number of nitrogens with one attached hydrogen (secondary N) is 3. The molecule has 3 atom stereocenters.